The van der Waals surface area contributed by atoms with Crippen molar-refractivity contribution in [2.75, 3.05) is 13.7 Å². The lowest BCUT2D eigenvalue weighted by Gasteiger charge is -2.35. The lowest BCUT2D eigenvalue weighted by atomic mass is 9.81. The molecule has 2 unspecified atom stereocenters. The van der Waals surface area contributed by atoms with E-state index in [0.717, 1.165) is 38.7 Å². The Bertz CT molecular complexity index is 247. The van der Waals surface area contributed by atoms with Crippen LogP contribution < -0.4 is 5.32 Å². The highest BCUT2D eigenvalue weighted by atomic mass is 16.5. The van der Waals surface area contributed by atoms with Gasteiger partial charge in [0.15, 0.2) is 0 Å². The predicted molar refractivity (Wildman–Crippen MR) is 65.1 cm³/mol. The van der Waals surface area contributed by atoms with E-state index in [4.69, 9.17) is 4.74 Å². The van der Waals surface area contributed by atoms with E-state index in [1.807, 2.05) is 7.05 Å². The molecule has 1 N–H and O–H groups in total. The molecule has 0 aliphatic heterocycles. The van der Waals surface area contributed by atoms with Crippen LogP contribution in [0.4, 0.5) is 0 Å². The number of rotatable bonds is 5. The monoisotopic (exact) mass is 224 g/mol. The standard InChI is InChI=1S/C13H24N2O/c1-11(2)6-8-16-12-5-4-7-13(9-12,10-14)15-3/h11-12,15H,4-9H2,1-3H3. The van der Waals surface area contributed by atoms with Crippen molar-refractivity contribution >= 4 is 0 Å². The van der Waals surface area contributed by atoms with Gasteiger partial charge in [0.25, 0.3) is 0 Å². The maximum atomic E-state index is 9.20. The van der Waals surface area contributed by atoms with Gasteiger partial charge in [0.2, 0.25) is 0 Å². The summed E-state index contributed by atoms with van der Waals surface area (Å²) < 4.78 is 5.86. The van der Waals surface area contributed by atoms with E-state index in [9.17, 15) is 5.26 Å². The van der Waals surface area contributed by atoms with Gasteiger partial charge in [-0.2, -0.15) is 5.26 Å². The summed E-state index contributed by atoms with van der Waals surface area (Å²) in [7, 11) is 1.87. The molecular formula is C13H24N2O. The number of nitrogens with one attached hydrogen (secondary N) is 1. The first-order valence-corrected chi connectivity index (χ1v) is 6.33. The zero-order valence-corrected chi connectivity index (χ0v) is 10.8. The summed E-state index contributed by atoms with van der Waals surface area (Å²) in [5.41, 5.74) is -0.346. The van der Waals surface area contributed by atoms with E-state index in [1.165, 1.54) is 0 Å². The van der Waals surface area contributed by atoms with Crippen LogP contribution in [0, 0.1) is 17.2 Å². The van der Waals surface area contributed by atoms with Gasteiger partial charge in [-0.3, -0.25) is 0 Å². The molecule has 1 aliphatic rings. The first-order valence-electron chi connectivity index (χ1n) is 6.33. The Hall–Kier alpha value is -0.590. The van der Waals surface area contributed by atoms with Crippen molar-refractivity contribution in [3.05, 3.63) is 0 Å². The number of hydrogen-bond acceptors (Lipinski definition) is 3. The Kier molecular flexibility index (Phi) is 5.24. The second kappa shape index (κ2) is 6.22. The maximum absolute atomic E-state index is 9.20. The third kappa shape index (κ3) is 3.77. The van der Waals surface area contributed by atoms with Crippen LogP contribution >= 0.6 is 0 Å². The first kappa shape index (κ1) is 13.5. The average Bonchev–Trinajstić information content (AvgIpc) is 2.29. The van der Waals surface area contributed by atoms with Gasteiger partial charge in [0.1, 0.15) is 5.54 Å². The minimum absolute atomic E-state index is 0.264. The van der Waals surface area contributed by atoms with Crippen molar-refractivity contribution in [1.82, 2.24) is 5.32 Å². The van der Waals surface area contributed by atoms with Gasteiger partial charge >= 0.3 is 0 Å². The Balaban J connectivity index is 2.36. The van der Waals surface area contributed by atoms with Crippen molar-refractivity contribution in [2.24, 2.45) is 5.92 Å². The summed E-state index contributed by atoms with van der Waals surface area (Å²) in [5.74, 6) is 0.689. The van der Waals surface area contributed by atoms with Crippen LogP contribution in [0.15, 0.2) is 0 Å². The van der Waals surface area contributed by atoms with Crippen molar-refractivity contribution in [1.29, 1.82) is 5.26 Å². The van der Waals surface area contributed by atoms with Crippen molar-refractivity contribution in [3.63, 3.8) is 0 Å². The van der Waals surface area contributed by atoms with Crippen LogP contribution in [-0.4, -0.2) is 25.3 Å². The van der Waals surface area contributed by atoms with E-state index in [0.29, 0.717) is 5.92 Å². The summed E-state index contributed by atoms with van der Waals surface area (Å²) >= 11 is 0. The molecule has 0 saturated heterocycles. The summed E-state index contributed by atoms with van der Waals surface area (Å²) in [4.78, 5) is 0. The fraction of sp³-hybridized carbons (Fsp3) is 0.923. The van der Waals surface area contributed by atoms with Gasteiger partial charge in [0, 0.05) is 13.0 Å². The number of ether oxygens (including phenoxy) is 1. The van der Waals surface area contributed by atoms with Crippen LogP contribution in [0.25, 0.3) is 0 Å². The lowest BCUT2D eigenvalue weighted by Crippen LogP contribution is -2.47. The maximum Gasteiger partial charge on any atom is 0.109 e. The molecular weight excluding hydrogens is 200 g/mol. The van der Waals surface area contributed by atoms with Gasteiger partial charge in [-0.1, -0.05) is 13.8 Å². The Morgan fingerprint density at radius 3 is 2.88 bits per heavy atom. The Morgan fingerprint density at radius 1 is 1.56 bits per heavy atom. The third-order valence-corrected chi connectivity index (χ3v) is 3.45. The van der Waals surface area contributed by atoms with Crippen molar-refractivity contribution < 1.29 is 4.74 Å². The highest BCUT2D eigenvalue weighted by Crippen LogP contribution is 2.29. The minimum Gasteiger partial charge on any atom is -0.378 e. The van der Waals surface area contributed by atoms with Gasteiger partial charge in [-0.25, -0.2) is 0 Å². The average molecular weight is 224 g/mol. The molecule has 0 amide bonds. The molecule has 1 fully saturated rings. The highest BCUT2D eigenvalue weighted by molar-refractivity contribution is 5.09. The second-order valence-electron chi connectivity index (χ2n) is 5.22. The Labute approximate surface area is 99.2 Å². The van der Waals surface area contributed by atoms with Gasteiger partial charge in [0.05, 0.1) is 12.2 Å². The van der Waals surface area contributed by atoms with E-state index in [2.05, 4.69) is 25.2 Å². The topological polar surface area (TPSA) is 45.0 Å². The van der Waals surface area contributed by atoms with E-state index in [1.54, 1.807) is 0 Å². The van der Waals surface area contributed by atoms with Crippen molar-refractivity contribution in [3.8, 4) is 6.07 Å². The van der Waals surface area contributed by atoms with Gasteiger partial charge in [-0.15, -0.1) is 0 Å². The molecule has 0 heterocycles. The largest absolute Gasteiger partial charge is 0.378 e. The zero-order valence-electron chi connectivity index (χ0n) is 10.8. The summed E-state index contributed by atoms with van der Waals surface area (Å²) in [6.45, 7) is 5.24. The fourth-order valence-electron chi connectivity index (χ4n) is 2.22. The third-order valence-electron chi connectivity index (χ3n) is 3.45. The molecule has 16 heavy (non-hydrogen) atoms. The van der Waals surface area contributed by atoms with E-state index < -0.39 is 0 Å². The highest BCUT2D eigenvalue weighted by Gasteiger charge is 2.35. The molecule has 1 aliphatic carbocycles. The molecule has 0 radical (unpaired) electrons. The summed E-state index contributed by atoms with van der Waals surface area (Å²) in [5, 5.41) is 12.4. The summed E-state index contributed by atoms with van der Waals surface area (Å²) in [6, 6.07) is 2.41. The fourth-order valence-corrected chi connectivity index (χ4v) is 2.22. The number of nitriles is 1. The lowest BCUT2D eigenvalue weighted by molar-refractivity contribution is 0.00570. The quantitative estimate of drug-likeness (QED) is 0.780. The normalized spacial score (nSPS) is 30.3. The second-order valence-corrected chi connectivity index (χ2v) is 5.22. The van der Waals surface area contributed by atoms with Crippen LogP contribution in [0.1, 0.15) is 46.0 Å². The molecule has 3 heteroatoms. The molecule has 0 bridgehead atoms. The summed E-state index contributed by atoms with van der Waals surface area (Å²) in [6.07, 6.45) is 5.33. The molecule has 92 valence electrons. The molecule has 1 saturated carbocycles. The van der Waals surface area contributed by atoms with Crippen LogP contribution in [0.3, 0.4) is 0 Å². The minimum atomic E-state index is -0.346. The van der Waals surface area contributed by atoms with Gasteiger partial charge in [-0.05, 0) is 38.6 Å². The number of nitrogens with zero attached hydrogens (tertiary/aromatic N) is 1. The van der Waals surface area contributed by atoms with E-state index >= 15 is 0 Å². The molecule has 2 atom stereocenters. The van der Waals surface area contributed by atoms with Gasteiger partial charge < -0.3 is 10.1 Å². The van der Waals surface area contributed by atoms with E-state index in [-0.39, 0.29) is 11.6 Å². The van der Waals surface area contributed by atoms with Crippen LogP contribution in [-0.2, 0) is 4.74 Å². The molecule has 1 rings (SSSR count). The molecule has 0 aromatic carbocycles. The predicted octanol–water partition coefficient (Wildman–Crippen LogP) is 2.47. The smallest absolute Gasteiger partial charge is 0.109 e. The molecule has 3 nitrogen and oxygen atoms in total. The van der Waals surface area contributed by atoms with Crippen LogP contribution in [0.5, 0.6) is 0 Å². The first-order chi connectivity index (χ1) is 7.62. The molecule has 0 aromatic heterocycles. The van der Waals surface area contributed by atoms with Crippen molar-refractivity contribution in [2.45, 2.75) is 57.6 Å². The van der Waals surface area contributed by atoms with Crippen LogP contribution in [0.2, 0.25) is 0 Å². The zero-order chi connectivity index (χ0) is 12.0. The Morgan fingerprint density at radius 2 is 2.31 bits per heavy atom. The SMILES string of the molecule is CNC1(C#N)CCCC(OCCC(C)C)C1. The number of hydrogen-bond donors (Lipinski definition) is 1. The molecule has 0 aromatic rings. The molecule has 0 spiro atoms.